The van der Waals surface area contributed by atoms with Crippen molar-refractivity contribution in [2.45, 2.75) is 13.5 Å². The van der Waals surface area contributed by atoms with Crippen molar-refractivity contribution in [2.75, 3.05) is 10.6 Å². The predicted molar refractivity (Wildman–Crippen MR) is 106 cm³/mol. The molecule has 1 aromatic heterocycles. The van der Waals surface area contributed by atoms with Gasteiger partial charge in [0.2, 0.25) is 5.91 Å². The SMILES string of the molecule is CC(=O)Nc1cccc(NC(=O)c2cccn(OCc3ccc(F)cc3)c2=O)c1. The van der Waals surface area contributed by atoms with Crippen LogP contribution in [0.4, 0.5) is 15.8 Å². The molecular weight excluding hydrogens is 377 g/mol. The van der Waals surface area contributed by atoms with Gasteiger partial charge in [-0.3, -0.25) is 14.4 Å². The number of hydrogen-bond donors (Lipinski definition) is 2. The van der Waals surface area contributed by atoms with Gasteiger partial charge in [-0.25, -0.2) is 4.39 Å². The Morgan fingerprint density at radius 1 is 1.00 bits per heavy atom. The lowest BCUT2D eigenvalue weighted by Crippen LogP contribution is -2.32. The van der Waals surface area contributed by atoms with E-state index in [4.69, 9.17) is 4.84 Å². The number of pyridine rings is 1. The summed E-state index contributed by atoms with van der Waals surface area (Å²) in [6.45, 7) is 1.41. The van der Waals surface area contributed by atoms with E-state index < -0.39 is 11.5 Å². The predicted octanol–water partition coefficient (Wildman–Crippen LogP) is 2.83. The molecule has 2 aromatic carbocycles. The zero-order valence-electron chi connectivity index (χ0n) is 15.5. The van der Waals surface area contributed by atoms with Crippen LogP contribution in [0.25, 0.3) is 0 Å². The topological polar surface area (TPSA) is 89.4 Å². The van der Waals surface area contributed by atoms with Gasteiger partial charge in [0.15, 0.2) is 0 Å². The molecule has 0 radical (unpaired) electrons. The molecule has 0 atom stereocenters. The van der Waals surface area contributed by atoms with Gasteiger partial charge in [0.25, 0.3) is 11.5 Å². The standard InChI is InChI=1S/C21H18FN3O4/c1-14(26)23-17-4-2-5-18(12-17)24-20(27)19-6-3-11-25(21(19)28)29-13-15-7-9-16(22)10-8-15/h2-12H,13H2,1H3,(H,23,26)(H,24,27). The number of carbonyl (C=O) groups excluding carboxylic acids is 2. The molecular formula is C21H18FN3O4. The van der Waals surface area contributed by atoms with E-state index in [1.807, 2.05) is 0 Å². The lowest BCUT2D eigenvalue weighted by Gasteiger charge is -2.11. The number of aromatic nitrogens is 1. The van der Waals surface area contributed by atoms with E-state index in [1.54, 1.807) is 36.4 Å². The Morgan fingerprint density at radius 3 is 2.38 bits per heavy atom. The summed E-state index contributed by atoms with van der Waals surface area (Å²) in [5.74, 6) is -1.22. The average Bonchev–Trinajstić information content (AvgIpc) is 2.68. The van der Waals surface area contributed by atoms with Gasteiger partial charge in [0.1, 0.15) is 18.0 Å². The molecule has 0 aliphatic rings. The summed E-state index contributed by atoms with van der Waals surface area (Å²) in [6, 6.07) is 15.1. The number of nitrogens with one attached hydrogen (secondary N) is 2. The highest BCUT2D eigenvalue weighted by atomic mass is 19.1. The molecule has 2 N–H and O–H groups in total. The fraction of sp³-hybridized carbons (Fsp3) is 0.0952. The zero-order chi connectivity index (χ0) is 20.8. The van der Waals surface area contributed by atoms with Gasteiger partial charge >= 0.3 is 0 Å². The minimum Gasteiger partial charge on any atom is -0.406 e. The van der Waals surface area contributed by atoms with E-state index in [0.29, 0.717) is 16.9 Å². The van der Waals surface area contributed by atoms with Gasteiger partial charge in [-0.1, -0.05) is 18.2 Å². The van der Waals surface area contributed by atoms with Crippen LogP contribution in [0.15, 0.2) is 71.7 Å². The fourth-order valence-electron chi connectivity index (χ4n) is 2.55. The summed E-state index contributed by atoms with van der Waals surface area (Å²) >= 11 is 0. The molecule has 3 aromatic rings. The smallest absolute Gasteiger partial charge is 0.295 e. The second-order valence-corrected chi connectivity index (χ2v) is 6.17. The summed E-state index contributed by atoms with van der Waals surface area (Å²) < 4.78 is 13.9. The van der Waals surface area contributed by atoms with E-state index in [2.05, 4.69) is 10.6 Å². The molecule has 0 fully saturated rings. The first-order valence-corrected chi connectivity index (χ1v) is 8.71. The molecule has 0 spiro atoms. The minimum atomic E-state index is -0.634. The van der Waals surface area contributed by atoms with Crippen molar-refractivity contribution < 1.29 is 18.8 Å². The van der Waals surface area contributed by atoms with Gasteiger partial charge in [0.05, 0.1) is 0 Å². The number of halogens is 1. The third-order valence-electron chi connectivity index (χ3n) is 3.88. The van der Waals surface area contributed by atoms with Gasteiger partial charge in [0, 0.05) is 24.5 Å². The highest BCUT2D eigenvalue weighted by Crippen LogP contribution is 2.15. The maximum Gasteiger partial charge on any atom is 0.295 e. The van der Waals surface area contributed by atoms with Gasteiger partial charge in [-0.2, -0.15) is 4.73 Å². The van der Waals surface area contributed by atoms with Crippen LogP contribution in [0.2, 0.25) is 0 Å². The summed E-state index contributed by atoms with van der Waals surface area (Å²) in [5, 5.41) is 5.23. The van der Waals surface area contributed by atoms with Gasteiger partial charge in [-0.15, -0.1) is 0 Å². The summed E-state index contributed by atoms with van der Waals surface area (Å²) in [4.78, 5) is 41.6. The van der Waals surface area contributed by atoms with E-state index in [1.165, 1.54) is 37.4 Å². The first-order chi connectivity index (χ1) is 13.9. The molecule has 2 amide bonds. The van der Waals surface area contributed by atoms with E-state index in [-0.39, 0.29) is 23.9 Å². The minimum absolute atomic E-state index is 0.0318. The molecule has 8 heteroatoms. The Labute approximate surface area is 165 Å². The number of nitrogens with zero attached hydrogens (tertiary/aromatic N) is 1. The van der Waals surface area contributed by atoms with E-state index in [0.717, 1.165) is 4.73 Å². The number of amides is 2. The molecule has 0 unspecified atom stereocenters. The molecule has 0 aliphatic carbocycles. The first kappa shape index (κ1) is 19.8. The number of hydrogen-bond acceptors (Lipinski definition) is 4. The molecule has 3 rings (SSSR count). The van der Waals surface area contributed by atoms with Crippen LogP contribution in [0.3, 0.4) is 0 Å². The van der Waals surface area contributed by atoms with Crippen LogP contribution in [-0.4, -0.2) is 16.5 Å². The number of benzene rings is 2. The molecule has 0 aliphatic heterocycles. The molecule has 0 bridgehead atoms. The molecule has 29 heavy (non-hydrogen) atoms. The second kappa shape index (κ2) is 8.83. The summed E-state index contributed by atoms with van der Waals surface area (Å²) in [5.41, 5.74) is 0.858. The van der Waals surface area contributed by atoms with Crippen LogP contribution >= 0.6 is 0 Å². The van der Waals surface area contributed by atoms with Crippen molar-refractivity contribution in [3.05, 3.63) is 94.2 Å². The third-order valence-corrected chi connectivity index (χ3v) is 3.88. The number of anilines is 2. The van der Waals surface area contributed by atoms with Crippen molar-refractivity contribution in [1.82, 2.24) is 4.73 Å². The second-order valence-electron chi connectivity index (χ2n) is 6.17. The quantitative estimate of drug-likeness (QED) is 0.672. The summed E-state index contributed by atoms with van der Waals surface area (Å²) in [7, 11) is 0. The molecule has 1 heterocycles. The Morgan fingerprint density at radius 2 is 1.69 bits per heavy atom. The highest BCUT2D eigenvalue weighted by Gasteiger charge is 2.13. The van der Waals surface area contributed by atoms with Crippen LogP contribution in [0, 0.1) is 5.82 Å². The van der Waals surface area contributed by atoms with Crippen molar-refractivity contribution in [3.63, 3.8) is 0 Å². The largest absolute Gasteiger partial charge is 0.406 e. The molecule has 0 saturated carbocycles. The maximum atomic E-state index is 13.0. The van der Waals surface area contributed by atoms with Crippen LogP contribution in [-0.2, 0) is 11.4 Å². The molecule has 7 nitrogen and oxygen atoms in total. The molecule has 0 saturated heterocycles. The van der Waals surface area contributed by atoms with E-state index >= 15 is 0 Å². The zero-order valence-corrected chi connectivity index (χ0v) is 15.5. The Balaban J connectivity index is 1.73. The maximum absolute atomic E-state index is 13.0. The lowest BCUT2D eigenvalue weighted by molar-refractivity contribution is -0.114. The Bertz CT molecular complexity index is 1090. The lowest BCUT2D eigenvalue weighted by atomic mass is 10.2. The van der Waals surface area contributed by atoms with Crippen LogP contribution < -0.4 is 21.0 Å². The van der Waals surface area contributed by atoms with E-state index in [9.17, 15) is 18.8 Å². The normalized spacial score (nSPS) is 10.3. The highest BCUT2D eigenvalue weighted by molar-refractivity contribution is 6.04. The van der Waals surface area contributed by atoms with Crippen LogP contribution in [0.1, 0.15) is 22.8 Å². The van der Waals surface area contributed by atoms with Gasteiger partial charge in [-0.05, 0) is 48.0 Å². The van der Waals surface area contributed by atoms with Crippen molar-refractivity contribution in [3.8, 4) is 0 Å². The fourth-order valence-corrected chi connectivity index (χ4v) is 2.55. The van der Waals surface area contributed by atoms with Crippen molar-refractivity contribution in [2.24, 2.45) is 0 Å². The Kier molecular flexibility index (Phi) is 6.03. The van der Waals surface area contributed by atoms with Crippen molar-refractivity contribution >= 4 is 23.2 Å². The van der Waals surface area contributed by atoms with Crippen LogP contribution in [0.5, 0.6) is 0 Å². The number of rotatable bonds is 6. The third kappa shape index (κ3) is 5.29. The van der Waals surface area contributed by atoms with Crippen molar-refractivity contribution in [1.29, 1.82) is 0 Å². The van der Waals surface area contributed by atoms with Gasteiger partial charge < -0.3 is 15.5 Å². The Hall–Kier alpha value is -3.94. The summed E-state index contributed by atoms with van der Waals surface area (Å²) in [6.07, 6.45) is 1.39. The average molecular weight is 395 g/mol. The monoisotopic (exact) mass is 395 g/mol. The number of carbonyl (C=O) groups is 2. The first-order valence-electron chi connectivity index (χ1n) is 8.71. The molecule has 148 valence electrons.